The molecule has 0 fully saturated rings. The average Bonchev–Trinajstić information content (AvgIpc) is 2.32. The molecule has 0 heterocycles. The molecule has 1 aromatic rings. The third kappa shape index (κ3) is 4.32. The van der Waals surface area contributed by atoms with Gasteiger partial charge in [-0.2, -0.15) is 0 Å². The summed E-state index contributed by atoms with van der Waals surface area (Å²) in [7, 11) is 0. The molecule has 17 heavy (non-hydrogen) atoms. The Morgan fingerprint density at radius 1 is 1.29 bits per heavy atom. The van der Waals surface area contributed by atoms with Crippen molar-refractivity contribution >= 4 is 15.9 Å². The molecule has 1 unspecified atom stereocenters. The van der Waals surface area contributed by atoms with Crippen molar-refractivity contribution in [3.05, 3.63) is 28.2 Å². The zero-order chi connectivity index (χ0) is 12.7. The van der Waals surface area contributed by atoms with Crippen LogP contribution < -0.4 is 10.1 Å². The molecule has 1 aromatic carbocycles. The first kappa shape index (κ1) is 14.5. The maximum Gasteiger partial charge on any atom is 0.120 e. The SMILES string of the molecule is CCCNC(CC)c1ccc(OCC)cc1Br. The van der Waals surface area contributed by atoms with Gasteiger partial charge < -0.3 is 10.1 Å². The van der Waals surface area contributed by atoms with E-state index in [0.29, 0.717) is 12.6 Å². The fourth-order valence-corrected chi connectivity index (χ4v) is 2.47. The van der Waals surface area contributed by atoms with Crippen LogP contribution in [0.3, 0.4) is 0 Å². The smallest absolute Gasteiger partial charge is 0.120 e. The van der Waals surface area contributed by atoms with Gasteiger partial charge in [0.15, 0.2) is 0 Å². The normalized spacial score (nSPS) is 12.5. The molecule has 1 atom stereocenters. The van der Waals surface area contributed by atoms with Crippen molar-refractivity contribution in [3.8, 4) is 5.75 Å². The predicted molar refractivity (Wildman–Crippen MR) is 76.6 cm³/mol. The number of nitrogens with one attached hydrogen (secondary N) is 1. The van der Waals surface area contributed by atoms with E-state index in [1.807, 2.05) is 13.0 Å². The topological polar surface area (TPSA) is 21.3 Å². The van der Waals surface area contributed by atoms with Gasteiger partial charge in [-0.1, -0.05) is 35.8 Å². The van der Waals surface area contributed by atoms with Crippen LogP contribution >= 0.6 is 15.9 Å². The van der Waals surface area contributed by atoms with Gasteiger partial charge >= 0.3 is 0 Å². The molecule has 0 aliphatic carbocycles. The minimum absolute atomic E-state index is 0.417. The molecule has 0 radical (unpaired) electrons. The Hall–Kier alpha value is -0.540. The molecule has 0 saturated heterocycles. The highest BCUT2D eigenvalue weighted by Gasteiger charge is 2.12. The Labute approximate surface area is 113 Å². The lowest BCUT2D eigenvalue weighted by molar-refractivity contribution is 0.339. The van der Waals surface area contributed by atoms with E-state index < -0.39 is 0 Å². The first-order valence-corrected chi connectivity index (χ1v) is 7.17. The summed E-state index contributed by atoms with van der Waals surface area (Å²) in [6.45, 7) is 8.15. The maximum atomic E-state index is 5.49. The first-order chi connectivity index (χ1) is 8.22. The van der Waals surface area contributed by atoms with Gasteiger partial charge in [0.2, 0.25) is 0 Å². The van der Waals surface area contributed by atoms with E-state index in [0.717, 1.165) is 29.6 Å². The Kier molecular flexibility index (Phi) is 6.60. The Bertz CT molecular complexity index is 341. The molecule has 1 N–H and O–H groups in total. The second-order valence-electron chi connectivity index (χ2n) is 4.03. The molecule has 0 spiro atoms. The molecular weight excluding hydrogens is 278 g/mol. The van der Waals surface area contributed by atoms with Crippen LogP contribution in [-0.2, 0) is 0 Å². The summed E-state index contributed by atoms with van der Waals surface area (Å²) in [6, 6.07) is 6.65. The molecule has 3 heteroatoms. The van der Waals surface area contributed by atoms with E-state index in [9.17, 15) is 0 Å². The maximum absolute atomic E-state index is 5.49. The van der Waals surface area contributed by atoms with Crippen molar-refractivity contribution in [1.82, 2.24) is 5.32 Å². The largest absolute Gasteiger partial charge is 0.494 e. The highest BCUT2D eigenvalue weighted by Crippen LogP contribution is 2.29. The summed E-state index contributed by atoms with van der Waals surface area (Å²) in [5, 5.41) is 3.56. The minimum atomic E-state index is 0.417. The zero-order valence-corrected chi connectivity index (χ0v) is 12.5. The lowest BCUT2D eigenvalue weighted by Crippen LogP contribution is -2.21. The van der Waals surface area contributed by atoms with E-state index in [-0.39, 0.29) is 0 Å². The quantitative estimate of drug-likeness (QED) is 0.810. The van der Waals surface area contributed by atoms with Crippen LogP contribution in [0.2, 0.25) is 0 Å². The van der Waals surface area contributed by atoms with Gasteiger partial charge in [0, 0.05) is 10.5 Å². The van der Waals surface area contributed by atoms with Gasteiger partial charge in [0.1, 0.15) is 5.75 Å². The molecule has 0 aromatic heterocycles. The van der Waals surface area contributed by atoms with E-state index in [1.165, 1.54) is 5.56 Å². The highest BCUT2D eigenvalue weighted by molar-refractivity contribution is 9.10. The van der Waals surface area contributed by atoms with Crippen molar-refractivity contribution in [1.29, 1.82) is 0 Å². The van der Waals surface area contributed by atoms with Crippen molar-refractivity contribution < 1.29 is 4.74 Å². The van der Waals surface area contributed by atoms with Gasteiger partial charge in [-0.05, 0) is 44.0 Å². The number of benzene rings is 1. The number of ether oxygens (including phenoxy) is 1. The summed E-state index contributed by atoms with van der Waals surface area (Å²) in [5.41, 5.74) is 1.31. The van der Waals surface area contributed by atoms with Crippen LogP contribution in [-0.4, -0.2) is 13.2 Å². The van der Waals surface area contributed by atoms with E-state index in [2.05, 4.69) is 47.2 Å². The van der Waals surface area contributed by atoms with Gasteiger partial charge in [0.05, 0.1) is 6.61 Å². The summed E-state index contributed by atoms with van der Waals surface area (Å²) < 4.78 is 6.61. The van der Waals surface area contributed by atoms with Crippen LogP contribution in [0, 0.1) is 0 Å². The van der Waals surface area contributed by atoms with Crippen molar-refractivity contribution in [2.75, 3.05) is 13.2 Å². The van der Waals surface area contributed by atoms with Gasteiger partial charge in [0.25, 0.3) is 0 Å². The molecule has 0 aliphatic rings. The van der Waals surface area contributed by atoms with E-state index >= 15 is 0 Å². The number of rotatable bonds is 7. The van der Waals surface area contributed by atoms with Crippen LogP contribution in [0.4, 0.5) is 0 Å². The zero-order valence-electron chi connectivity index (χ0n) is 10.9. The molecular formula is C14H22BrNO. The lowest BCUT2D eigenvalue weighted by atomic mass is 10.0. The standard InChI is InChI=1S/C14H22BrNO/c1-4-9-16-14(5-2)12-8-7-11(17-6-3)10-13(12)15/h7-8,10,14,16H,4-6,9H2,1-3H3. The molecule has 0 bridgehead atoms. The third-order valence-corrected chi connectivity index (χ3v) is 3.39. The summed E-state index contributed by atoms with van der Waals surface area (Å²) >= 11 is 3.63. The van der Waals surface area contributed by atoms with Crippen LogP contribution in [0.25, 0.3) is 0 Å². The van der Waals surface area contributed by atoms with E-state index in [4.69, 9.17) is 4.74 Å². The number of hydrogen-bond acceptors (Lipinski definition) is 2. The Morgan fingerprint density at radius 3 is 2.59 bits per heavy atom. The lowest BCUT2D eigenvalue weighted by Gasteiger charge is -2.19. The Balaban J connectivity index is 2.81. The monoisotopic (exact) mass is 299 g/mol. The molecule has 0 aliphatic heterocycles. The van der Waals surface area contributed by atoms with Crippen molar-refractivity contribution in [3.63, 3.8) is 0 Å². The molecule has 1 rings (SSSR count). The average molecular weight is 300 g/mol. The second-order valence-corrected chi connectivity index (χ2v) is 4.89. The van der Waals surface area contributed by atoms with Gasteiger partial charge in [-0.15, -0.1) is 0 Å². The summed E-state index contributed by atoms with van der Waals surface area (Å²) in [6.07, 6.45) is 2.25. The number of hydrogen-bond donors (Lipinski definition) is 1. The fraction of sp³-hybridized carbons (Fsp3) is 0.571. The third-order valence-electron chi connectivity index (χ3n) is 2.71. The highest BCUT2D eigenvalue weighted by atomic mass is 79.9. The Morgan fingerprint density at radius 2 is 2.06 bits per heavy atom. The molecule has 2 nitrogen and oxygen atoms in total. The molecule has 96 valence electrons. The fourth-order valence-electron chi connectivity index (χ4n) is 1.84. The molecule has 0 saturated carbocycles. The second kappa shape index (κ2) is 7.72. The van der Waals surface area contributed by atoms with Crippen LogP contribution in [0.15, 0.2) is 22.7 Å². The molecule has 0 amide bonds. The van der Waals surface area contributed by atoms with Gasteiger partial charge in [-0.3, -0.25) is 0 Å². The predicted octanol–water partition coefficient (Wildman–Crippen LogP) is 4.30. The summed E-state index contributed by atoms with van der Waals surface area (Å²) in [4.78, 5) is 0. The van der Waals surface area contributed by atoms with Crippen LogP contribution in [0.5, 0.6) is 5.75 Å². The first-order valence-electron chi connectivity index (χ1n) is 6.38. The minimum Gasteiger partial charge on any atom is -0.494 e. The van der Waals surface area contributed by atoms with E-state index in [1.54, 1.807) is 0 Å². The van der Waals surface area contributed by atoms with Crippen molar-refractivity contribution in [2.45, 2.75) is 39.7 Å². The summed E-state index contributed by atoms with van der Waals surface area (Å²) in [5.74, 6) is 0.925. The van der Waals surface area contributed by atoms with Crippen LogP contribution in [0.1, 0.15) is 45.2 Å². The van der Waals surface area contributed by atoms with Gasteiger partial charge in [-0.25, -0.2) is 0 Å². The van der Waals surface area contributed by atoms with Crippen molar-refractivity contribution in [2.24, 2.45) is 0 Å². The number of halogens is 1.